The minimum atomic E-state index is 0.290. The molecule has 0 saturated heterocycles. The number of aryl methyl sites for hydroxylation is 2. The van der Waals surface area contributed by atoms with Crippen molar-refractivity contribution < 1.29 is 5.11 Å². The van der Waals surface area contributed by atoms with Gasteiger partial charge in [0.15, 0.2) is 0 Å². The van der Waals surface area contributed by atoms with Crippen molar-refractivity contribution in [2.75, 3.05) is 0 Å². The number of imidazole rings is 1. The lowest BCUT2D eigenvalue weighted by atomic mass is 10.1. The highest BCUT2D eigenvalue weighted by molar-refractivity contribution is 5.79. The summed E-state index contributed by atoms with van der Waals surface area (Å²) in [5, 5.41) is 9.78. The van der Waals surface area contributed by atoms with Crippen LogP contribution in [0.25, 0.3) is 22.4 Å². The smallest absolute Gasteiger partial charge is 0.141 e. The maximum Gasteiger partial charge on any atom is 0.141 e. The summed E-state index contributed by atoms with van der Waals surface area (Å²) < 4.78 is 2.00. The quantitative estimate of drug-likeness (QED) is 0.710. The van der Waals surface area contributed by atoms with Crippen LogP contribution in [0, 0.1) is 6.92 Å². The van der Waals surface area contributed by atoms with Crippen LogP contribution in [0.5, 0.6) is 5.75 Å². The fourth-order valence-electron chi connectivity index (χ4n) is 2.06. The number of hydrogen-bond donors (Lipinski definition) is 1. The van der Waals surface area contributed by atoms with E-state index < -0.39 is 0 Å². The number of rotatable bonds is 1. The summed E-state index contributed by atoms with van der Waals surface area (Å²) in [4.78, 5) is 8.61. The van der Waals surface area contributed by atoms with Crippen molar-refractivity contribution in [3.63, 3.8) is 0 Å². The minimum absolute atomic E-state index is 0.290. The van der Waals surface area contributed by atoms with Gasteiger partial charge in [-0.2, -0.15) is 0 Å². The SMILES string of the molecule is Cc1ccc(-c2nc3cnccc3n2C)cc1O. The Labute approximate surface area is 105 Å². The molecule has 3 rings (SSSR count). The second-order valence-electron chi connectivity index (χ2n) is 4.36. The molecule has 2 heterocycles. The van der Waals surface area contributed by atoms with Gasteiger partial charge < -0.3 is 9.67 Å². The van der Waals surface area contributed by atoms with Gasteiger partial charge in [0.2, 0.25) is 0 Å². The van der Waals surface area contributed by atoms with Crippen LogP contribution in [0.1, 0.15) is 5.56 Å². The van der Waals surface area contributed by atoms with Crippen molar-refractivity contribution in [2.45, 2.75) is 6.92 Å². The number of fused-ring (bicyclic) bond motifs is 1. The molecule has 2 aromatic heterocycles. The first kappa shape index (κ1) is 10.8. The second kappa shape index (κ2) is 3.84. The standard InChI is InChI=1S/C14H13N3O/c1-9-3-4-10(7-13(9)18)14-16-11-8-15-6-5-12(11)17(14)2/h3-8,18H,1-2H3. The van der Waals surface area contributed by atoms with Gasteiger partial charge in [0.25, 0.3) is 0 Å². The minimum Gasteiger partial charge on any atom is -0.508 e. The number of hydrogen-bond acceptors (Lipinski definition) is 3. The summed E-state index contributed by atoms with van der Waals surface area (Å²) in [5.74, 6) is 1.12. The van der Waals surface area contributed by atoms with Crippen LogP contribution in [0.4, 0.5) is 0 Å². The van der Waals surface area contributed by atoms with E-state index in [1.165, 1.54) is 0 Å². The molecule has 0 saturated carbocycles. The van der Waals surface area contributed by atoms with E-state index in [2.05, 4.69) is 9.97 Å². The number of pyridine rings is 1. The number of nitrogens with zero attached hydrogens (tertiary/aromatic N) is 3. The van der Waals surface area contributed by atoms with E-state index in [0.29, 0.717) is 0 Å². The number of phenols is 1. The summed E-state index contributed by atoms with van der Waals surface area (Å²) in [5.41, 5.74) is 3.64. The molecule has 0 atom stereocenters. The summed E-state index contributed by atoms with van der Waals surface area (Å²) in [7, 11) is 1.96. The zero-order valence-corrected chi connectivity index (χ0v) is 10.3. The lowest BCUT2D eigenvalue weighted by molar-refractivity contribution is 0.471. The van der Waals surface area contributed by atoms with Crippen LogP contribution in [-0.4, -0.2) is 19.6 Å². The Morgan fingerprint density at radius 2 is 2.06 bits per heavy atom. The summed E-state index contributed by atoms with van der Waals surface area (Å²) in [6, 6.07) is 7.52. The topological polar surface area (TPSA) is 50.9 Å². The van der Waals surface area contributed by atoms with Gasteiger partial charge in [-0.25, -0.2) is 4.98 Å². The van der Waals surface area contributed by atoms with Gasteiger partial charge >= 0.3 is 0 Å². The molecule has 1 N–H and O–H groups in total. The van der Waals surface area contributed by atoms with Crippen LogP contribution < -0.4 is 0 Å². The molecule has 90 valence electrons. The predicted molar refractivity (Wildman–Crippen MR) is 70.3 cm³/mol. The molecule has 0 aliphatic rings. The third-order valence-corrected chi connectivity index (χ3v) is 3.15. The van der Waals surface area contributed by atoms with E-state index in [-0.39, 0.29) is 5.75 Å². The molecule has 3 aromatic rings. The Morgan fingerprint density at radius 3 is 2.78 bits per heavy atom. The van der Waals surface area contributed by atoms with E-state index in [9.17, 15) is 5.11 Å². The number of aromatic hydroxyl groups is 1. The van der Waals surface area contributed by atoms with Gasteiger partial charge in [0.1, 0.15) is 17.1 Å². The monoisotopic (exact) mass is 239 g/mol. The predicted octanol–water partition coefficient (Wildman–Crippen LogP) is 2.65. The highest BCUT2D eigenvalue weighted by atomic mass is 16.3. The molecule has 0 aliphatic heterocycles. The van der Waals surface area contributed by atoms with Gasteiger partial charge in [-0.3, -0.25) is 4.98 Å². The van der Waals surface area contributed by atoms with Crippen LogP contribution >= 0.6 is 0 Å². The molecule has 0 unspecified atom stereocenters. The maximum absolute atomic E-state index is 9.78. The summed E-state index contributed by atoms with van der Waals surface area (Å²) >= 11 is 0. The number of phenolic OH excluding ortho intramolecular Hbond substituents is 1. The zero-order chi connectivity index (χ0) is 12.7. The fourth-order valence-corrected chi connectivity index (χ4v) is 2.06. The lowest BCUT2D eigenvalue weighted by Gasteiger charge is -2.04. The van der Waals surface area contributed by atoms with Gasteiger partial charge in [-0.05, 0) is 24.6 Å². The molecule has 0 amide bonds. The van der Waals surface area contributed by atoms with E-state index in [1.54, 1.807) is 18.5 Å². The second-order valence-corrected chi connectivity index (χ2v) is 4.36. The Kier molecular flexibility index (Phi) is 2.30. The third kappa shape index (κ3) is 1.54. The maximum atomic E-state index is 9.78. The van der Waals surface area contributed by atoms with Gasteiger partial charge in [0.05, 0.1) is 11.7 Å². The fraction of sp³-hybridized carbons (Fsp3) is 0.143. The largest absolute Gasteiger partial charge is 0.508 e. The molecule has 0 spiro atoms. The average molecular weight is 239 g/mol. The molecule has 4 nitrogen and oxygen atoms in total. The van der Waals surface area contributed by atoms with Crippen LogP contribution in [0.2, 0.25) is 0 Å². The Balaban J connectivity index is 2.25. The normalized spacial score (nSPS) is 11.0. The summed E-state index contributed by atoms with van der Waals surface area (Å²) in [6.07, 6.45) is 3.49. The molecule has 0 aliphatic carbocycles. The zero-order valence-electron chi connectivity index (χ0n) is 10.3. The highest BCUT2D eigenvalue weighted by Crippen LogP contribution is 2.27. The van der Waals surface area contributed by atoms with E-state index in [1.807, 2.05) is 36.7 Å². The first-order valence-electron chi connectivity index (χ1n) is 5.73. The van der Waals surface area contributed by atoms with Crippen molar-refractivity contribution >= 4 is 11.0 Å². The van der Waals surface area contributed by atoms with Crippen molar-refractivity contribution in [1.82, 2.24) is 14.5 Å². The Hall–Kier alpha value is -2.36. The highest BCUT2D eigenvalue weighted by Gasteiger charge is 2.10. The third-order valence-electron chi connectivity index (χ3n) is 3.15. The Bertz CT molecular complexity index is 731. The van der Waals surface area contributed by atoms with E-state index in [0.717, 1.165) is 28.0 Å². The molecular weight excluding hydrogens is 226 g/mol. The molecular formula is C14H13N3O. The van der Waals surface area contributed by atoms with Gasteiger partial charge in [-0.15, -0.1) is 0 Å². The molecule has 18 heavy (non-hydrogen) atoms. The number of benzene rings is 1. The average Bonchev–Trinajstić information content (AvgIpc) is 2.71. The van der Waals surface area contributed by atoms with Gasteiger partial charge in [0, 0.05) is 18.8 Å². The summed E-state index contributed by atoms with van der Waals surface area (Å²) in [6.45, 7) is 1.87. The van der Waals surface area contributed by atoms with Crippen LogP contribution in [0.15, 0.2) is 36.7 Å². The molecule has 1 aromatic carbocycles. The van der Waals surface area contributed by atoms with Crippen LogP contribution in [-0.2, 0) is 7.05 Å². The first-order valence-corrected chi connectivity index (χ1v) is 5.73. The number of aromatic nitrogens is 3. The first-order chi connectivity index (χ1) is 8.66. The molecule has 0 bridgehead atoms. The van der Waals surface area contributed by atoms with Crippen molar-refractivity contribution in [1.29, 1.82) is 0 Å². The van der Waals surface area contributed by atoms with Crippen molar-refractivity contribution in [3.8, 4) is 17.1 Å². The van der Waals surface area contributed by atoms with Gasteiger partial charge in [-0.1, -0.05) is 12.1 Å². The lowest BCUT2D eigenvalue weighted by Crippen LogP contribution is -1.92. The van der Waals surface area contributed by atoms with Crippen molar-refractivity contribution in [3.05, 3.63) is 42.2 Å². The van der Waals surface area contributed by atoms with Crippen molar-refractivity contribution in [2.24, 2.45) is 7.05 Å². The molecule has 0 radical (unpaired) electrons. The molecule has 0 fully saturated rings. The van der Waals surface area contributed by atoms with Crippen LogP contribution in [0.3, 0.4) is 0 Å². The van der Waals surface area contributed by atoms with E-state index in [4.69, 9.17) is 0 Å². The van der Waals surface area contributed by atoms with E-state index >= 15 is 0 Å². The molecule has 4 heteroatoms. The Morgan fingerprint density at radius 1 is 1.22 bits per heavy atom.